The van der Waals surface area contributed by atoms with Gasteiger partial charge in [-0.25, -0.2) is 9.37 Å². The average molecular weight is 397 g/mol. The molecule has 152 valence electrons. The summed E-state index contributed by atoms with van der Waals surface area (Å²) in [5.41, 5.74) is 13.0. The van der Waals surface area contributed by atoms with Crippen LogP contribution in [-0.2, 0) is 10.2 Å². The largest absolute Gasteiger partial charge is 0.398 e. The predicted molar refractivity (Wildman–Crippen MR) is 109 cm³/mol. The zero-order valence-electron chi connectivity index (χ0n) is 16.5. The molecule has 1 saturated carbocycles. The molecule has 1 aromatic heterocycles. The molecule has 0 atom stereocenters. The van der Waals surface area contributed by atoms with Crippen LogP contribution in [0, 0.1) is 11.7 Å². The monoisotopic (exact) mass is 397 g/mol. The number of anilines is 2. The molecule has 7 nitrogen and oxygen atoms in total. The molecule has 5 N–H and O–H groups in total. The topological polar surface area (TPSA) is 114 Å². The number of hydrogen-bond donors (Lipinski definition) is 3. The molecule has 1 fully saturated rings. The third kappa shape index (κ3) is 3.08. The molecule has 29 heavy (non-hydrogen) atoms. The summed E-state index contributed by atoms with van der Waals surface area (Å²) in [4.78, 5) is 29.4. The maximum atomic E-state index is 15.3. The second-order valence-corrected chi connectivity index (χ2v) is 8.29. The van der Waals surface area contributed by atoms with E-state index < -0.39 is 11.7 Å². The number of rotatable bonds is 4. The number of nitrogen functional groups attached to an aromatic ring is 1. The van der Waals surface area contributed by atoms with Gasteiger partial charge in [-0.15, -0.1) is 0 Å². The standard InChI is InChI=1S/C21H24FN5O2/c1-27(2)20(29)17-15(23)4-3-13(18(17)22)12-6-14-19(25-9-12)26-10-21(14)7-11(8-21)5-16(24)28/h3-4,6,9,11H,5,7-8,10,23H2,1-2H3,(H2,24,28)(H,25,26)/t11-,21+. The molecule has 8 heteroatoms. The zero-order valence-corrected chi connectivity index (χ0v) is 16.5. The number of benzene rings is 1. The fraction of sp³-hybridized carbons (Fsp3) is 0.381. The first-order valence-corrected chi connectivity index (χ1v) is 9.54. The second-order valence-electron chi connectivity index (χ2n) is 8.29. The normalized spacial score (nSPS) is 22.0. The Kier molecular flexibility index (Phi) is 4.44. The Morgan fingerprint density at radius 1 is 1.34 bits per heavy atom. The van der Waals surface area contributed by atoms with Crippen molar-refractivity contribution in [3.8, 4) is 11.1 Å². The first-order chi connectivity index (χ1) is 13.7. The van der Waals surface area contributed by atoms with Crippen molar-refractivity contribution < 1.29 is 14.0 Å². The van der Waals surface area contributed by atoms with Gasteiger partial charge < -0.3 is 21.7 Å². The van der Waals surface area contributed by atoms with Gasteiger partial charge in [-0.2, -0.15) is 0 Å². The summed E-state index contributed by atoms with van der Waals surface area (Å²) in [5, 5.41) is 3.31. The Labute approximate surface area is 168 Å². The number of halogens is 1. The van der Waals surface area contributed by atoms with Crippen LogP contribution in [-0.4, -0.2) is 42.3 Å². The molecule has 1 spiro atoms. The number of carbonyl (C=O) groups is 2. The maximum Gasteiger partial charge on any atom is 0.258 e. The van der Waals surface area contributed by atoms with Gasteiger partial charge in [-0.1, -0.05) is 0 Å². The van der Waals surface area contributed by atoms with Crippen molar-refractivity contribution in [2.24, 2.45) is 11.7 Å². The molecule has 1 aliphatic heterocycles. The highest BCUT2D eigenvalue weighted by Crippen LogP contribution is 2.54. The van der Waals surface area contributed by atoms with Crippen LogP contribution in [0.2, 0.25) is 0 Å². The number of primary amides is 1. The van der Waals surface area contributed by atoms with E-state index in [1.165, 1.54) is 4.90 Å². The molecule has 4 rings (SSSR count). The minimum absolute atomic E-state index is 0.102. The summed E-state index contributed by atoms with van der Waals surface area (Å²) in [5.74, 6) is -0.369. The minimum atomic E-state index is -0.648. The van der Waals surface area contributed by atoms with Gasteiger partial charge in [0.05, 0.1) is 5.56 Å². The lowest BCUT2D eigenvalue weighted by atomic mass is 9.58. The molecule has 2 heterocycles. The van der Waals surface area contributed by atoms with Crippen molar-refractivity contribution in [3.63, 3.8) is 0 Å². The summed E-state index contributed by atoms with van der Waals surface area (Å²) in [7, 11) is 3.11. The van der Waals surface area contributed by atoms with Crippen molar-refractivity contribution in [2.45, 2.75) is 24.7 Å². The van der Waals surface area contributed by atoms with Gasteiger partial charge in [-0.3, -0.25) is 9.59 Å². The fourth-order valence-electron chi connectivity index (χ4n) is 4.60. The van der Waals surface area contributed by atoms with Crippen molar-refractivity contribution in [3.05, 3.63) is 41.3 Å². The van der Waals surface area contributed by atoms with Gasteiger partial charge in [0.1, 0.15) is 11.6 Å². The first kappa shape index (κ1) is 19.2. The second kappa shape index (κ2) is 6.72. The van der Waals surface area contributed by atoms with E-state index in [9.17, 15) is 9.59 Å². The highest BCUT2D eigenvalue weighted by atomic mass is 19.1. The van der Waals surface area contributed by atoms with Crippen LogP contribution in [0.5, 0.6) is 0 Å². The molecule has 1 aliphatic carbocycles. The molecule has 0 bridgehead atoms. The van der Waals surface area contributed by atoms with E-state index in [2.05, 4.69) is 10.3 Å². The highest BCUT2D eigenvalue weighted by Gasteiger charge is 2.50. The van der Waals surface area contributed by atoms with E-state index in [0.29, 0.717) is 12.0 Å². The number of nitrogens with two attached hydrogens (primary N) is 2. The number of aromatic nitrogens is 1. The Balaban J connectivity index is 1.71. The van der Waals surface area contributed by atoms with E-state index in [-0.39, 0.29) is 34.1 Å². The molecule has 1 aromatic carbocycles. The first-order valence-electron chi connectivity index (χ1n) is 9.54. The van der Waals surface area contributed by atoms with Crippen molar-refractivity contribution >= 4 is 23.3 Å². The molecule has 0 radical (unpaired) electrons. The lowest BCUT2D eigenvalue weighted by molar-refractivity contribution is -0.120. The fourth-order valence-corrected chi connectivity index (χ4v) is 4.60. The van der Waals surface area contributed by atoms with Gasteiger partial charge in [0, 0.05) is 61.1 Å². The number of carbonyl (C=O) groups excluding carboxylic acids is 2. The van der Waals surface area contributed by atoms with E-state index >= 15 is 4.39 Å². The van der Waals surface area contributed by atoms with Gasteiger partial charge in [0.15, 0.2) is 0 Å². The summed E-state index contributed by atoms with van der Waals surface area (Å²) >= 11 is 0. The van der Waals surface area contributed by atoms with E-state index in [1.807, 2.05) is 6.07 Å². The highest BCUT2D eigenvalue weighted by molar-refractivity contribution is 6.00. The third-order valence-electron chi connectivity index (χ3n) is 6.01. The van der Waals surface area contributed by atoms with E-state index in [1.54, 1.807) is 32.4 Å². The molecule has 0 unspecified atom stereocenters. The number of nitrogens with one attached hydrogen (secondary N) is 1. The third-order valence-corrected chi connectivity index (χ3v) is 6.01. The summed E-state index contributed by atoms with van der Waals surface area (Å²) in [6.07, 6.45) is 3.67. The Hall–Kier alpha value is -3.16. The molecule has 2 aromatic rings. The number of nitrogens with zero attached hydrogens (tertiary/aromatic N) is 2. The average Bonchev–Trinajstić information content (AvgIpc) is 3.00. The molecular weight excluding hydrogens is 373 g/mol. The lowest BCUT2D eigenvalue weighted by Crippen LogP contribution is -2.44. The van der Waals surface area contributed by atoms with Crippen LogP contribution in [0.3, 0.4) is 0 Å². The predicted octanol–water partition coefficient (Wildman–Crippen LogP) is 2.12. The Morgan fingerprint density at radius 2 is 2.07 bits per heavy atom. The van der Waals surface area contributed by atoms with E-state index in [4.69, 9.17) is 11.5 Å². The Morgan fingerprint density at radius 3 is 2.72 bits per heavy atom. The van der Waals surface area contributed by atoms with Crippen LogP contribution in [0.25, 0.3) is 11.1 Å². The van der Waals surface area contributed by atoms with Crippen LogP contribution in [0.4, 0.5) is 15.9 Å². The van der Waals surface area contributed by atoms with Crippen molar-refractivity contribution in [1.29, 1.82) is 0 Å². The number of fused-ring (bicyclic) bond motifs is 2. The number of pyridine rings is 1. The van der Waals surface area contributed by atoms with Crippen LogP contribution >= 0.6 is 0 Å². The summed E-state index contributed by atoms with van der Waals surface area (Å²) < 4.78 is 15.3. The smallest absolute Gasteiger partial charge is 0.258 e. The van der Waals surface area contributed by atoms with Crippen molar-refractivity contribution in [1.82, 2.24) is 9.88 Å². The summed E-state index contributed by atoms with van der Waals surface area (Å²) in [6, 6.07) is 5.05. The maximum absolute atomic E-state index is 15.3. The Bertz CT molecular complexity index is 1010. The van der Waals surface area contributed by atoms with E-state index in [0.717, 1.165) is 30.8 Å². The van der Waals surface area contributed by atoms with Gasteiger partial charge >= 0.3 is 0 Å². The molecular formula is C21H24FN5O2. The molecule has 2 aliphatic rings. The number of amides is 2. The van der Waals surface area contributed by atoms with Gasteiger partial charge in [0.2, 0.25) is 5.91 Å². The van der Waals surface area contributed by atoms with Crippen LogP contribution in [0.15, 0.2) is 24.4 Å². The molecule has 2 amide bonds. The SMILES string of the molecule is CN(C)C(=O)c1c(N)ccc(-c2cnc3c(c2)[C@]2(CN3)C[C@H](CC(N)=O)C2)c1F. The van der Waals surface area contributed by atoms with Crippen molar-refractivity contribution in [2.75, 3.05) is 31.7 Å². The number of hydrogen-bond acceptors (Lipinski definition) is 5. The van der Waals surface area contributed by atoms with Crippen LogP contribution < -0.4 is 16.8 Å². The minimum Gasteiger partial charge on any atom is -0.398 e. The zero-order chi connectivity index (χ0) is 20.9. The lowest BCUT2D eigenvalue weighted by Gasteiger charge is -2.45. The quantitative estimate of drug-likeness (QED) is 0.684. The van der Waals surface area contributed by atoms with Crippen LogP contribution in [0.1, 0.15) is 35.2 Å². The molecule has 0 saturated heterocycles. The van der Waals surface area contributed by atoms with Gasteiger partial charge in [0.25, 0.3) is 5.91 Å². The summed E-state index contributed by atoms with van der Waals surface area (Å²) in [6.45, 7) is 0.739. The van der Waals surface area contributed by atoms with Gasteiger partial charge in [-0.05, 0) is 37.0 Å².